The molecule has 46 heavy (non-hydrogen) atoms. The van der Waals surface area contributed by atoms with Gasteiger partial charge in [-0.1, -0.05) is 0 Å². The van der Waals surface area contributed by atoms with Gasteiger partial charge in [0.15, 0.2) is 35.4 Å². The standard InChI is InChI=1S/C21H28N10O11P2S2/c1-37-15-13(33)9(41-21(15)31-7-29-11-17(23)25-5-27-19(11)31)3-39-44(36,46)42-43(35,45)38-2-8-12(32)14(34)20(40-8)30-6-28-10-16(22)24-4-26-18(10)30/h4-9,12-15,20-21,32-34H,2-3H2,1H3,(H,35,45)(H,36,46)(H2,22,24,26)(H2,23,25,27)/t8-,9-,12-,13-,14-,15-,20-,21-,43?,44?/m1/s1. The highest BCUT2D eigenvalue weighted by Crippen LogP contribution is 2.61. The van der Waals surface area contributed by atoms with Gasteiger partial charge in [-0.05, 0) is 23.6 Å². The number of nitrogen functional groups attached to an aromatic ring is 2. The average molecular weight is 723 g/mol. The van der Waals surface area contributed by atoms with Crippen molar-refractivity contribution in [2.24, 2.45) is 0 Å². The molecule has 0 spiro atoms. The zero-order valence-corrected chi connectivity index (χ0v) is 26.9. The quantitative estimate of drug-likeness (QED) is 0.0841. The van der Waals surface area contributed by atoms with Crippen LogP contribution in [0.15, 0.2) is 25.3 Å². The molecule has 2 unspecified atom stereocenters. The molecule has 0 aromatic carbocycles. The van der Waals surface area contributed by atoms with E-state index in [0.29, 0.717) is 11.2 Å². The number of methoxy groups -OCH3 is 1. The Labute approximate surface area is 268 Å². The van der Waals surface area contributed by atoms with E-state index in [1.807, 2.05) is 0 Å². The van der Waals surface area contributed by atoms with Gasteiger partial charge in [0, 0.05) is 7.11 Å². The molecular weight excluding hydrogens is 694 g/mol. The van der Waals surface area contributed by atoms with Crippen molar-refractivity contribution >= 4 is 71.0 Å². The van der Waals surface area contributed by atoms with Crippen molar-refractivity contribution in [1.82, 2.24) is 39.0 Å². The normalized spacial score (nSPS) is 31.0. The Balaban J connectivity index is 1.06. The highest BCUT2D eigenvalue weighted by molar-refractivity contribution is 8.14. The molecule has 25 heteroatoms. The maximum absolute atomic E-state index is 10.9. The summed E-state index contributed by atoms with van der Waals surface area (Å²) in [4.78, 5) is 45.6. The number of imidazole rings is 2. The molecule has 4 aromatic heterocycles. The molecule has 250 valence electrons. The number of ether oxygens (including phenoxy) is 3. The van der Waals surface area contributed by atoms with Crippen molar-refractivity contribution < 1.29 is 52.7 Å². The van der Waals surface area contributed by atoms with Crippen LogP contribution in [-0.2, 0) is 51.2 Å². The van der Waals surface area contributed by atoms with Gasteiger partial charge in [-0.25, -0.2) is 34.2 Å². The van der Waals surface area contributed by atoms with Crippen LogP contribution in [-0.4, -0.2) is 121 Å². The predicted molar refractivity (Wildman–Crippen MR) is 162 cm³/mol. The van der Waals surface area contributed by atoms with Crippen molar-refractivity contribution in [3.63, 3.8) is 0 Å². The first-order valence-corrected chi connectivity index (χ1v) is 18.4. The van der Waals surface area contributed by atoms with Crippen LogP contribution in [0.2, 0.25) is 0 Å². The maximum Gasteiger partial charge on any atom is 0.331 e. The summed E-state index contributed by atoms with van der Waals surface area (Å²) in [5, 5.41) is 32.1. The van der Waals surface area contributed by atoms with Gasteiger partial charge in [-0.2, -0.15) is 0 Å². The third-order valence-corrected chi connectivity index (χ3v) is 11.7. The minimum Gasteiger partial charge on any atom is -0.387 e. The number of nitrogens with zero attached hydrogens (tertiary/aromatic N) is 8. The largest absolute Gasteiger partial charge is 0.387 e. The van der Waals surface area contributed by atoms with E-state index in [2.05, 4.69) is 29.9 Å². The van der Waals surface area contributed by atoms with E-state index in [1.54, 1.807) is 0 Å². The first-order valence-electron chi connectivity index (χ1n) is 13.2. The lowest BCUT2D eigenvalue weighted by molar-refractivity contribution is -0.0569. The Morgan fingerprint density at radius 2 is 1.24 bits per heavy atom. The number of hydrogen-bond donors (Lipinski definition) is 7. The van der Waals surface area contributed by atoms with E-state index in [1.165, 1.54) is 41.6 Å². The van der Waals surface area contributed by atoms with Crippen molar-refractivity contribution in [2.75, 3.05) is 31.8 Å². The van der Waals surface area contributed by atoms with E-state index >= 15 is 0 Å². The molecule has 0 radical (unpaired) electrons. The Morgan fingerprint density at radius 1 is 0.761 bits per heavy atom. The molecule has 2 aliphatic rings. The van der Waals surface area contributed by atoms with Gasteiger partial charge in [-0.3, -0.25) is 9.13 Å². The zero-order valence-electron chi connectivity index (χ0n) is 23.5. The number of anilines is 2. The summed E-state index contributed by atoms with van der Waals surface area (Å²) in [7, 11) is 1.36. The van der Waals surface area contributed by atoms with E-state index < -0.39 is 75.7 Å². The number of aliphatic hydroxyl groups is 3. The number of fused-ring (bicyclic) bond motifs is 2. The second kappa shape index (κ2) is 12.9. The lowest BCUT2D eigenvalue weighted by atomic mass is 10.1. The number of nitrogens with two attached hydrogens (primary N) is 2. The number of aromatic nitrogens is 8. The van der Waals surface area contributed by atoms with Gasteiger partial charge in [-0.15, -0.1) is 0 Å². The minimum absolute atomic E-state index is 0.108. The number of aliphatic hydroxyl groups excluding tert-OH is 3. The van der Waals surface area contributed by atoms with Gasteiger partial charge in [0.25, 0.3) is 0 Å². The smallest absolute Gasteiger partial charge is 0.331 e. The zero-order chi connectivity index (χ0) is 33.0. The summed E-state index contributed by atoms with van der Waals surface area (Å²) in [5.74, 6) is 0.255. The molecule has 21 nitrogen and oxygen atoms in total. The van der Waals surface area contributed by atoms with Gasteiger partial charge in [0.05, 0.1) is 25.9 Å². The minimum atomic E-state index is -4.31. The van der Waals surface area contributed by atoms with Crippen LogP contribution >= 0.6 is 13.4 Å². The van der Waals surface area contributed by atoms with Crippen molar-refractivity contribution in [2.45, 2.75) is 49.1 Å². The molecule has 6 heterocycles. The van der Waals surface area contributed by atoms with Crippen molar-refractivity contribution in [3.05, 3.63) is 25.3 Å². The first-order chi connectivity index (χ1) is 21.8. The molecule has 2 saturated heterocycles. The predicted octanol–water partition coefficient (Wildman–Crippen LogP) is -1.79. The summed E-state index contributed by atoms with van der Waals surface area (Å²) in [6, 6.07) is 0. The van der Waals surface area contributed by atoms with Crippen LogP contribution in [0.1, 0.15) is 12.5 Å². The van der Waals surface area contributed by atoms with Crippen LogP contribution in [0.3, 0.4) is 0 Å². The van der Waals surface area contributed by atoms with E-state index in [-0.39, 0.29) is 22.8 Å². The topological polar surface area (TPSA) is 296 Å². The highest BCUT2D eigenvalue weighted by Gasteiger charge is 2.47. The Morgan fingerprint density at radius 3 is 1.76 bits per heavy atom. The molecule has 0 bridgehead atoms. The summed E-state index contributed by atoms with van der Waals surface area (Å²) >= 11 is 9.99. The Hall–Kier alpha value is -2.44. The molecule has 0 aliphatic carbocycles. The SMILES string of the molecule is CO[C@@H]1[C@H](O)[C@@H](COP(O)(=S)OP(O)(=S)OC[C@H]2O[C@@H](n3cnc4c(N)ncnc43)[C@H](O)[C@@H]2O)O[C@H]1n1cnc2c(N)ncnc21. The first kappa shape index (κ1) is 33.5. The summed E-state index contributed by atoms with van der Waals surface area (Å²) in [6.45, 7) is -9.68. The summed E-state index contributed by atoms with van der Waals surface area (Å²) < 4.78 is 35.6. The monoisotopic (exact) mass is 722 g/mol. The molecule has 6 rings (SSSR count). The van der Waals surface area contributed by atoms with Crippen molar-refractivity contribution in [1.29, 1.82) is 0 Å². The second-order valence-electron chi connectivity index (χ2n) is 10.1. The van der Waals surface area contributed by atoms with Crippen molar-refractivity contribution in [3.8, 4) is 0 Å². The molecule has 10 atom stereocenters. The van der Waals surface area contributed by atoms with Gasteiger partial charge in [0.2, 0.25) is 0 Å². The third-order valence-electron chi connectivity index (χ3n) is 7.25. The lowest BCUT2D eigenvalue weighted by Gasteiger charge is -2.24. The fraction of sp³-hybridized carbons (Fsp3) is 0.524. The van der Waals surface area contributed by atoms with Gasteiger partial charge < -0.3 is 59.8 Å². The van der Waals surface area contributed by atoms with Crippen LogP contribution in [0.4, 0.5) is 11.6 Å². The van der Waals surface area contributed by atoms with Gasteiger partial charge in [0.1, 0.15) is 60.3 Å². The third kappa shape index (κ3) is 6.38. The molecule has 9 N–H and O–H groups in total. The summed E-state index contributed by atoms with van der Waals surface area (Å²) in [5.41, 5.74) is 12.8. The lowest BCUT2D eigenvalue weighted by Crippen LogP contribution is -2.35. The Kier molecular flexibility index (Phi) is 9.37. The Bertz CT molecular complexity index is 1840. The van der Waals surface area contributed by atoms with E-state index in [0.717, 1.165) is 0 Å². The van der Waals surface area contributed by atoms with Crippen LogP contribution < -0.4 is 11.5 Å². The van der Waals surface area contributed by atoms with E-state index in [4.69, 9.17) is 62.6 Å². The average Bonchev–Trinajstić information content (AvgIpc) is 3.76. The summed E-state index contributed by atoms with van der Waals surface area (Å²) in [6.07, 6.45) is -4.39. The van der Waals surface area contributed by atoms with Crippen LogP contribution in [0.25, 0.3) is 22.3 Å². The van der Waals surface area contributed by atoms with E-state index in [9.17, 15) is 25.1 Å². The second-order valence-corrected chi connectivity index (χ2v) is 15.9. The van der Waals surface area contributed by atoms with Gasteiger partial charge >= 0.3 is 13.4 Å². The van der Waals surface area contributed by atoms with Crippen LogP contribution in [0, 0.1) is 0 Å². The fourth-order valence-corrected chi connectivity index (χ4v) is 9.52. The van der Waals surface area contributed by atoms with Crippen LogP contribution in [0.5, 0.6) is 0 Å². The molecule has 2 aliphatic heterocycles. The molecular formula is C21H28N10O11P2S2. The highest BCUT2D eigenvalue weighted by atomic mass is 32.5. The molecule has 4 aromatic rings. The fourth-order valence-electron chi connectivity index (χ4n) is 5.06. The molecule has 0 saturated carbocycles. The number of rotatable bonds is 11. The molecule has 0 amide bonds. The maximum atomic E-state index is 10.9. The number of hydrogen-bond acceptors (Lipinski definition) is 19. The molecule has 2 fully saturated rings.